The summed E-state index contributed by atoms with van der Waals surface area (Å²) in [5.74, 6) is 0. The van der Waals surface area contributed by atoms with Gasteiger partial charge in [-0.05, 0) is 22.6 Å². The molecule has 0 aliphatic heterocycles. The van der Waals surface area contributed by atoms with Gasteiger partial charge in [-0.25, -0.2) is 0 Å². The fourth-order valence-electron chi connectivity index (χ4n) is 1.75. The van der Waals surface area contributed by atoms with Crippen LogP contribution in [-0.4, -0.2) is 14.8 Å². The van der Waals surface area contributed by atoms with Gasteiger partial charge in [-0.2, -0.15) is 5.10 Å². The Balaban J connectivity index is 2.98. The first-order valence-corrected chi connectivity index (χ1v) is 6.14. The van der Waals surface area contributed by atoms with Crippen molar-refractivity contribution in [3.05, 3.63) is 25.7 Å². The van der Waals surface area contributed by atoms with E-state index in [1.807, 2.05) is 29.6 Å². The SMILES string of the molecule is Cn1nc(C(C)(C)C)c2c(=O)c(I)c[nH]c21. The van der Waals surface area contributed by atoms with Crippen LogP contribution in [0.2, 0.25) is 0 Å². The number of aromatic amines is 1. The first kappa shape index (κ1) is 11.6. The van der Waals surface area contributed by atoms with Gasteiger partial charge in [-0.1, -0.05) is 20.8 Å². The summed E-state index contributed by atoms with van der Waals surface area (Å²) in [6, 6.07) is 0. The van der Waals surface area contributed by atoms with Crippen LogP contribution in [-0.2, 0) is 12.5 Å². The van der Waals surface area contributed by atoms with E-state index in [1.54, 1.807) is 10.9 Å². The monoisotopic (exact) mass is 331 g/mol. The predicted molar refractivity (Wildman–Crippen MR) is 72.8 cm³/mol. The minimum Gasteiger partial charge on any atom is -0.345 e. The Morgan fingerprint density at radius 3 is 2.62 bits per heavy atom. The maximum atomic E-state index is 12.1. The third kappa shape index (κ3) is 1.66. The Kier molecular flexibility index (Phi) is 2.60. The van der Waals surface area contributed by atoms with Gasteiger partial charge in [0.25, 0.3) is 0 Å². The van der Waals surface area contributed by atoms with Crippen molar-refractivity contribution in [1.29, 1.82) is 0 Å². The van der Waals surface area contributed by atoms with Gasteiger partial charge in [0, 0.05) is 18.7 Å². The summed E-state index contributed by atoms with van der Waals surface area (Å²) in [5.41, 5.74) is 1.57. The van der Waals surface area contributed by atoms with Crippen LogP contribution in [0.1, 0.15) is 26.5 Å². The summed E-state index contributed by atoms with van der Waals surface area (Å²) in [6.07, 6.45) is 1.72. The summed E-state index contributed by atoms with van der Waals surface area (Å²) in [5, 5.41) is 5.16. The zero-order valence-corrected chi connectivity index (χ0v) is 11.9. The molecular weight excluding hydrogens is 317 g/mol. The Bertz CT molecular complexity index is 604. The van der Waals surface area contributed by atoms with E-state index in [1.165, 1.54) is 0 Å². The Morgan fingerprint density at radius 1 is 1.44 bits per heavy atom. The lowest BCUT2D eigenvalue weighted by Gasteiger charge is -2.14. The van der Waals surface area contributed by atoms with E-state index in [9.17, 15) is 4.79 Å². The van der Waals surface area contributed by atoms with Crippen LogP contribution in [0.25, 0.3) is 11.0 Å². The summed E-state index contributed by atoms with van der Waals surface area (Å²) in [4.78, 5) is 15.2. The van der Waals surface area contributed by atoms with Crippen molar-refractivity contribution in [3.8, 4) is 0 Å². The van der Waals surface area contributed by atoms with Gasteiger partial charge in [0.2, 0.25) is 5.43 Å². The van der Waals surface area contributed by atoms with Gasteiger partial charge in [0.05, 0.1) is 14.7 Å². The maximum Gasteiger partial charge on any atom is 0.206 e. The molecule has 0 spiro atoms. The van der Waals surface area contributed by atoms with E-state index in [4.69, 9.17) is 0 Å². The molecule has 1 N–H and O–H groups in total. The van der Waals surface area contributed by atoms with Crippen molar-refractivity contribution < 1.29 is 0 Å². The number of fused-ring (bicyclic) bond motifs is 1. The van der Waals surface area contributed by atoms with E-state index in [-0.39, 0.29) is 10.8 Å². The molecule has 0 amide bonds. The highest BCUT2D eigenvalue weighted by atomic mass is 127. The van der Waals surface area contributed by atoms with Crippen LogP contribution in [0.4, 0.5) is 0 Å². The molecule has 0 aromatic carbocycles. The predicted octanol–water partition coefficient (Wildman–Crippen LogP) is 2.16. The molecule has 0 fully saturated rings. The third-order valence-electron chi connectivity index (χ3n) is 2.54. The highest BCUT2D eigenvalue weighted by Gasteiger charge is 2.24. The van der Waals surface area contributed by atoms with Crippen LogP contribution >= 0.6 is 22.6 Å². The smallest absolute Gasteiger partial charge is 0.206 e. The number of rotatable bonds is 0. The van der Waals surface area contributed by atoms with Crippen molar-refractivity contribution in [3.63, 3.8) is 0 Å². The molecule has 0 radical (unpaired) electrons. The molecule has 5 heteroatoms. The fourth-order valence-corrected chi connectivity index (χ4v) is 2.17. The van der Waals surface area contributed by atoms with Gasteiger partial charge in [0.15, 0.2) is 0 Å². The molecule has 0 atom stereocenters. The number of H-pyrrole nitrogens is 1. The zero-order chi connectivity index (χ0) is 12.1. The third-order valence-corrected chi connectivity index (χ3v) is 3.34. The van der Waals surface area contributed by atoms with E-state index in [0.29, 0.717) is 8.96 Å². The molecule has 4 nitrogen and oxygen atoms in total. The molecule has 0 aliphatic carbocycles. The van der Waals surface area contributed by atoms with Crippen LogP contribution < -0.4 is 5.43 Å². The highest BCUT2D eigenvalue weighted by molar-refractivity contribution is 14.1. The lowest BCUT2D eigenvalue weighted by Crippen LogP contribution is -2.16. The maximum absolute atomic E-state index is 12.1. The minimum atomic E-state index is -0.128. The number of aryl methyl sites for hydroxylation is 1. The molecule has 86 valence electrons. The number of aromatic nitrogens is 3. The average Bonchev–Trinajstić information content (AvgIpc) is 2.50. The second-order valence-electron chi connectivity index (χ2n) is 4.91. The molecule has 2 aromatic rings. The van der Waals surface area contributed by atoms with Crippen molar-refractivity contribution in [2.45, 2.75) is 26.2 Å². The molecular formula is C11H14IN3O. The zero-order valence-electron chi connectivity index (χ0n) is 9.76. The largest absolute Gasteiger partial charge is 0.345 e. The summed E-state index contributed by atoms with van der Waals surface area (Å²) in [6.45, 7) is 6.19. The van der Waals surface area contributed by atoms with E-state index in [0.717, 1.165) is 11.3 Å². The molecule has 0 saturated carbocycles. The van der Waals surface area contributed by atoms with Crippen molar-refractivity contribution >= 4 is 33.6 Å². The Hall–Kier alpha value is -0.850. The van der Waals surface area contributed by atoms with Gasteiger partial charge >= 0.3 is 0 Å². The van der Waals surface area contributed by atoms with Gasteiger partial charge in [-0.15, -0.1) is 0 Å². The molecule has 2 aromatic heterocycles. The van der Waals surface area contributed by atoms with E-state index < -0.39 is 0 Å². The first-order valence-electron chi connectivity index (χ1n) is 5.06. The Morgan fingerprint density at radius 2 is 2.06 bits per heavy atom. The second-order valence-corrected chi connectivity index (χ2v) is 6.07. The molecule has 0 unspecified atom stereocenters. The number of nitrogens with one attached hydrogen (secondary N) is 1. The molecule has 16 heavy (non-hydrogen) atoms. The second kappa shape index (κ2) is 3.58. The molecule has 0 bridgehead atoms. The first-order chi connectivity index (χ1) is 7.32. The van der Waals surface area contributed by atoms with Gasteiger partial charge in [-0.3, -0.25) is 9.48 Å². The fraction of sp³-hybridized carbons (Fsp3) is 0.455. The highest BCUT2D eigenvalue weighted by Crippen LogP contribution is 2.26. The number of nitrogens with zero attached hydrogens (tertiary/aromatic N) is 2. The molecule has 2 heterocycles. The van der Waals surface area contributed by atoms with Gasteiger partial charge in [0.1, 0.15) is 5.65 Å². The average molecular weight is 331 g/mol. The number of hydrogen-bond acceptors (Lipinski definition) is 2. The van der Waals surface area contributed by atoms with Crippen molar-refractivity contribution in [2.24, 2.45) is 7.05 Å². The Labute approximate surface area is 107 Å². The quantitative estimate of drug-likeness (QED) is 0.752. The van der Waals surface area contributed by atoms with E-state index in [2.05, 4.69) is 30.9 Å². The lowest BCUT2D eigenvalue weighted by molar-refractivity contribution is 0.557. The molecule has 2 rings (SSSR count). The molecule has 0 saturated heterocycles. The van der Waals surface area contributed by atoms with Crippen LogP contribution in [0.3, 0.4) is 0 Å². The minimum absolute atomic E-state index is 0.0624. The summed E-state index contributed by atoms with van der Waals surface area (Å²) in [7, 11) is 1.85. The number of hydrogen-bond donors (Lipinski definition) is 1. The van der Waals surface area contributed by atoms with E-state index >= 15 is 0 Å². The van der Waals surface area contributed by atoms with Crippen molar-refractivity contribution in [1.82, 2.24) is 14.8 Å². The standard InChI is InChI=1S/C11H14IN3O/c1-11(2,3)9-7-8(16)6(12)5-13-10(7)15(4)14-9/h5H,1-4H3,(H,13,16). The van der Waals surface area contributed by atoms with Crippen molar-refractivity contribution in [2.75, 3.05) is 0 Å². The number of halogens is 1. The topological polar surface area (TPSA) is 50.7 Å². The number of pyridine rings is 1. The van der Waals surface area contributed by atoms with Crippen LogP contribution in [0.15, 0.2) is 11.0 Å². The molecule has 0 aliphatic rings. The van der Waals surface area contributed by atoms with Crippen LogP contribution in [0.5, 0.6) is 0 Å². The van der Waals surface area contributed by atoms with Gasteiger partial charge < -0.3 is 4.98 Å². The summed E-state index contributed by atoms with van der Waals surface area (Å²) >= 11 is 2.05. The lowest BCUT2D eigenvalue weighted by atomic mass is 9.90. The normalized spacial score (nSPS) is 12.3. The summed E-state index contributed by atoms with van der Waals surface area (Å²) < 4.78 is 2.43. The van der Waals surface area contributed by atoms with Crippen LogP contribution in [0, 0.1) is 3.57 Å².